The number of nitrogens with zero attached hydrogens (tertiary/aromatic N) is 2. The predicted octanol–water partition coefficient (Wildman–Crippen LogP) is 2.62. The van der Waals surface area contributed by atoms with E-state index < -0.39 is 0 Å². The molecule has 0 bridgehead atoms. The highest BCUT2D eigenvalue weighted by atomic mass is 32.1. The number of rotatable bonds is 6. The molecular formula is C16H18N4O2S. The maximum absolute atomic E-state index is 12.2. The maximum atomic E-state index is 12.2. The molecule has 2 amide bonds. The zero-order chi connectivity index (χ0) is 16.2. The molecule has 0 saturated heterocycles. The van der Waals surface area contributed by atoms with Gasteiger partial charge in [0.15, 0.2) is 0 Å². The topological polar surface area (TPSA) is 84.0 Å². The van der Waals surface area contributed by atoms with Gasteiger partial charge in [-0.2, -0.15) is 0 Å². The number of amides is 2. The molecule has 0 spiro atoms. The van der Waals surface area contributed by atoms with Crippen LogP contribution in [0.15, 0.2) is 30.3 Å². The SMILES string of the molecule is CC(=O)N[C@H](CC(=O)Nc1nnc(C2CC2)s1)c1ccccc1. The van der Waals surface area contributed by atoms with E-state index in [0.29, 0.717) is 11.0 Å². The van der Waals surface area contributed by atoms with E-state index in [0.717, 1.165) is 23.4 Å². The van der Waals surface area contributed by atoms with Gasteiger partial charge in [-0.15, -0.1) is 10.2 Å². The Kier molecular flexibility index (Phi) is 4.66. The number of benzene rings is 1. The summed E-state index contributed by atoms with van der Waals surface area (Å²) in [5.41, 5.74) is 0.897. The summed E-state index contributed by atoms with van der Waals surface area (Å²) in [6, 6.07) is 9.09. The van der Waals surface area contributed by atoms with Crippen LogP contribution in [-0.2, 0) is 9.59 Å². The summed E-state index contributed by atoms with van der Waals surface area (Å²) in [6.07, 6.45) is 2.46. The first kappa shape index (κ1) is 15.6. The Balaban J connectivity index is 1.63. The maximum Gasteiger partial charge on any atom is 0.228 e. The highest BCUT2D eigenvalue weighted by Crippen LogP contribution is 2.42. The Morgan fingerprint density at radius 3 is 2.65 bits per heavy atom. The summed E-state index contributed by atoms with van der Waals surface area (Å²) in [4.78, 5) is 23.6. The van der Waals surface area contributed by atoms with Gasteiger partial charge in [-0.25, -0.2) is 0 Å². The highest BCUT2D eigenvalue weighted by molar-refractivity contribution is 7.15. The summed E-state index contributed by atoms with van der Waals surface area (Å²) >= 11 is 1.43. The van der Waals surface area contributed by atoms with E-state index in [1.165, 1.54) is 18.3 Å². The zero-order valence-electron chi connectivity index (χ0n) is 12.8. The lowest BCUT2D eigenvalue weighted by Crippen LogP contribution is -2.29. The summed E-state index contributed by atoms with van der Waals surface area (Å²) in [6.45, 7) is 1.44. The second kappa shape index (κ2) is 6.87. The first-order valence-electron chi connectivity index (χ1n) is 7.57. The molecule has 2 aromatic rings. The Labute approximate surface area is 138 Å². The molecule has 1 atom stereocenters. The van der Waals surface area contributed by atoms with Crippen LogP contribution in [0.2, 0.25) is 0 Å². The van der Waals surface area contributed by atoms with Gasteiger partial charge in [0.2, 0.25) is 16.9 Å². The van der Waals surface area contributed by atoms with Gasteiger partial charge in [-0.05, 0) is 18.4 Å². The van der Waals surface area contributed by atoms with Crippen LogP contribution in [0.1, 0.15) is 48.7 Å². The van der Waals surface area contributed by atoms with Crippen LogP contribution in [0.5, 0.6) is 0 Å². The largest absolute Gasteiger partial charge is 0.349 e. The minimum atomic E-state index is -0.357. The van der Waals surface area contributed by atoms with E-state index in [2.05, 4.69) is 20.8 Å². The summed E-state index contributed by atoms with van der Waals surface area (Å²) in [5, 5.41) is 15.2. The molecule has 7 heteroatoms. The quantitative estimate of drug-likeness (QED) is 0.853. The Bertz CT molecular complexity index is 697. The molecule has 1 heterocycles. The summed E-state index contributed by atoms with van der Waals surface area (Å²) in [7, 11) is 0. The second-order valence-corrected chi connectivity index (χ2v) is 6.64. The third kappa shape index (κ3) is 4.35. The first-order valence-corrected chi connectivity index (χ1v) is 8.39. The van der Waals surface area contributed by atoms with Crippen LogP contribution in [0.4, 0.5) is 5.13 Å². The van der Waals surface area contributed by atoms with E-state index in [1.807, 2.05) is 30.3 Å². The van der Waals surface area contributed by atoms with Crippen LogP contribution >= 0.6 is 11.3 Å². The fourth-order valence-corrected chi connectivity index (χ4v) is 3.25. The highest BCUT2D eigenvalue weighted by Gasteiger charge is 2.28. The van der Waals surface area contributed by atoms with E-state index in [-0.39, 0.29) is 24.3 Å². The van der Waals surface area contributed by atoms with E-state index in [9.17, 15) is 9.59 Å². The first-order chi connectivity index (χ1) is 11.1. The monoisotopic (exact) mass is 330 g/mol. The Morgan fingerprint density at radius 1 is 1.26 bits per heavy atom. The molecule has 23 heavy (non-hydrogen) atoms. The molecule has 1 fully saturated rings. The van der Waals surface area contributed by atoms with E-state index in [4.69, 9.17) is 0 Å². The van der Waals surface area contributed by atoms with Crippen LogP contribution in [0.25, 0.3) is 0 Å². The predicted molar refractivity (Wildman–Crippen MR) is 88.1 cm³/mol. The van der Waals surface area contributed by atoms with Crippen molar-refractivity contribution in [2.45, 2.75) is 38.1 Å². The lowest BCUT2D eigenvalue weighted by Gasteiger charge is -2.17. The average molecular weight is 330 g/mol. The minimum absolute atomic E-state index is 0.155. The van der Waals surface area contributed by atoms with Crippen molar-refractivity contribution >= 4 is 28.3 Å². The number of aromatic nitrogens is 2. The standard InChI is InChI=1S/C16H18N4O2S/c1-10(21)17-13(11-5-3-2-4-6-11)9-14(22)18-16-20-19-15(23-16)12-7-8-12/h2-6,12-13H,7-9H2,1H3,(H,17,21)(H,18,20,22)/t13-/m1/s1. The van der Waals surface area contributed by atoms with Crippen molar-refractivity contribution in [3.8, 4) is 0 Å². The van der Waals surface area contributed by atoms with Gasteiger partial charge in [-0.3, -0.25) is 9.59 Å². The van der Waals surface area contributed by atoms with Crippen molar-refractivity contribution in [1.82, 2.24) is 15.5 Å². The smallest absolute Gasteiger partial charge is 0.228 e. The molecule has 1 aliphatic carbocycles. The third-order valence-corrected chi connectivity index (χ3v) is 4.58. The molecule has 6 nitrogen and oxygen atoms in total. The van der Waals surface area contributed by atoms with E-state index >= 15 is 0 Å². The van der Waals surface area contributed by atoms with Gasteiger partial charge in [0, 0.05) is 12.8 Å². The second-order valence-electron chi connectivity index (χ2n) is 5.64. The molecule has 0 radical (unpaired) electrons. The van der Waals surface area contributed by atoms with Crippen molar-refractivity contribution in [1.29, 1.82) is 0 Å². The molecule has 1 aromatic carbocycles. The molecule has 2 N–H and O–H groups in total. The van der Waals surface area contributed by atoms with Crippen LogP contribution in [0.3, 0.4) is 0 Å². The van der Waals surface area contributed by atoms with E-state index in [1.54, 1.807) is 0 Å². The molecule has 0 unspecified atom stereocenters. The zero-order valence-corrected chi connectivity index (χ0v) is 13.6. The molecule has 1 saturated carbocycles. The Hall–Kier alpha value is -2.28. The third-order valence-electron chi connectivity index (χ3n) is 3.58. The van der Waals surface area contributed by atoms with Crippen molar-refractivity contribution in [3.63, 3.8) is 0 Å². The van der Waals surface area contributed by atoms with Crippen molar-refractivity contribution in [2.75, 3.05) is 5.32 Å². The summed E-state index contributed by atoms with van der Waals surface area (Å²) in [5.74, 6) is 0.166. The van der Waals surface area contributed by atoms with Crippen molar-refractivity contribution in [2.24, 2.45) is 0 Å². The minimum Gasteiger partial charge on any atom is -0.349 e. The number of carbonyl (C=O) groups excluding carboxylic acids is 2. The van der Waals surface area contributed by atoms with Gasteiger partial charge in [0.25, 0.3) is 0 Å². The number of carbonyl (C=O) groups is 2. The van der Waals surface area contributed by atoms with Crippen LogP contribution < -0.4 is 10.6 Å². The van der Waals surface area contributed by atoms with Crippen LogP contribution in [-0.4, -0.2) is 22.0 Å². The van der Waals surface area contributed by atoms with Crippen LogP contribution in [0, 0.1) is 0 Å². The van der Waals surface area contributed by atoms with Crippen molar-refractivity contribution in [3.05, 3.63) is 40.9 Å². The lowest BCUT2D eigenvalue weighted by molar-refractivity contribution is -0.120. The number of anilines is 1. The fourth-order valence-electron chi connectivity index (χ4n) is 2.32. The molecule has 120 valence electrons. The van der Waals surface area contributed by atoms with Gasteiger partial charge in [-0.1, -0.05) is 41.7 Å². The van der Waals surface area contributed by atoms with Crippen molar-refractivity contribution < 1.29 is 9.59 Å². The lowest BCUT2D eigenvalue weighted by atomic mass is 10.0. The normalized spacial score (nSPS) is 15.0. The molecule has 0 aliphatic heterocycles. The van der Waals surface area contributed by atoms with Gasteiger partial charge >= 0.3 is 0 Å². The molecular weight excluding hydrogens is 312 g/mol. The Morgan fingerprint density at radius 2 is 2.00 bits per heavy atom. The van der Waals surface area contributed by atoms with Gasteiger partial charge in [0.05, 0.1) is 12.5 Å². The van der Waals surface area contributed by atoms with Gasteiger partial charge in [0.1, 0.15) is 5.01 Å². The summed E-state index contributed by atoms with van der Waals surface area (Å²) < 4.78 is 0. The molecule has 1 aromatic heterocycles. The molecule has 3 rings (SSSR count). The number of nitrogens with one attached hydrogen (secondary N) is 2. The van der Waals surface area contributed by atoms with Gasteiger partial charge < -0.3 is 10.6 Å². The molecule has 1 aliphatic rings. The number of hydrogen-bond donors (Lipinski definition) is 2. The number of hydrogen-bond acceptors (Lipinski definition) is 5. The fraction of sp³-hybridized carbons (Fsp3) is 0.375. The average Bonchev–Trinajstić information content (AvgIpc) is 3.27.